The molecule has 0 fully saturated rings. The van der Waals surface area contributed by atoms with E-state index in [0.29, 0.717) is 25.7 Å². The number of carboxylic acids is 2. The first kappa shape index (κ1) is 26.7. The first-order valence-corrected chi connectivity index (χ1v) is 13.6. The van der Waals surface area contributed by atoms with Gasteiger partial charge >= 0.3 is 11.9 Å². The lowest BCUT2D eigenvalue weighted by atomic mass is 9.87. The minimum atomic E-state index is -1.13. The summed E-state index contributed by atoms with van der Waals surface area (Å²) >= 11 is 0. The molecule has 0 aliphatic carbocycles. The molecule has 2 heterocycles. The van der Waals surface area contributed by atoms with E-state index in [0.717, 1.165) is 35.5 Å². The van der Waals surface area contributed by atoms with Crippen LogP contribution in [-0.4, -0.2) is 41.1 Å². The lowest BCUT2D eigenvalue weighted by Gasteiger charge is -2.19. The summed E-state index contributed by atoms with van der Waals surface area (Å²) in [4.78, 5) is 23.9. The topological polar surface area (TPSA) is 109 Å². The highest BCUT2D eigenvalue weighted by atomic mass is 32.2. The summed E-state index contributed by atoms with van der Waals surface area (Å²) in [5.41, 5.74) is -1.54. The molecule has 32 heavy (non-hydrogen) atoms. The SMILES string of the molecule is CC(C)(CCCC1CC=C(C=CC2=CCC(CCCC(C)(C)C(=O)O)S2=O)S1=O)C(=O)O. The Hall–Kier alpha value is -1.54. The van der Waals surface area contributed by atoms with Gasteiger partial charge in [-0.3, -0.25) is 18.0 Å². The van der Waals surface area contributed by atoms with Gasteiger partial charge in [-0.15, -0.1) is 0 Å². The highest BCUT2D eigenvalue weighted by molar-refractivity contribution is 7.90. The van der Waals surface area contributed by atoms with Crippen LogP contribution in [0.5, 0.6) is 0 Å². The van der Waals surface area contributed by atoms with Gasteiger partial charge in [0.1, 0.15) is 0 Å². The number of aliphatic carboxylic acids is 2. The number of carboxylic acid groups (broad SMARTS) is 2. The van der Waals surface area contributed by atoms with E-state index >= 15 is 0 Å². The Morgan fingerprint density at radius 1 is 0.844 bits per heavy atom. The van der Waals surface area contributed by atoms with Crippen LogP contribution in [0.3, 0.4) is 0 Å². The maximum Gasteiger partial charge on any atom is 0.309 e. The third-order valence-corrected chi connectivity index (χ3v) is 10.1. The van der Waals surface area contributed by atoms with E-state index in [-0.39, 0.29) is 10.5 Å². The van der Waals surface area contributed by atoms with Gasteiger partial charge in [0, 0.05) is 20.3 Å². The van der Waals surface area contributed by atoms with E-state index < -0.39 is 44.4 Å². The average Bonchev–Trinajstić information content (AvgIpc) is 3.22. The van der Waals surface area contributed by atoms with Crippen molar-refractivity contribution in [3.8, 4) is 0 Å². The Balaban J connectivity index is 1.80. The van der Waals surface area contributed by atoms with Gasteiger partial charge in [0.2, 0.25) is 0 Å². The molecule has 4 unspecified atom stereocenters. The van der Waals surface area contributed by atoms with Crippen LogP contribution in [0.25, 0.3) is 0 Å². The van der Waals surface area contributed by atoms with Gasteiger partial charge in [0.15, 0.2) is 0 Å². The fourth-order valence-electron chi connectivity index (χ4n) is 3.86. The molecule has 0 saturated carbocycles. The molecule has 180 valence electrons. The summed E-state index contributed by atoms with van der Waals surface area (Å²) in [5, 5.41) is 18.4. The van der Waals surface area contributed by atoms with Gasteiger partial charge in [0.25, 0.3) is 0 Å². The second-order valence-corrected chi connectivity index (χ2v) is 13.5. The highest BCUT2D eigenvalue weighted by Crippen LogP contribution is 2.32. The van der Waals surface area contributed by atoms with Crippen LogP contribution in [0.15, 0.2) is 34.1 Å². The molecule has 4 atom stereocenters. The number of hydrogen-bond donors (Lipinski definition) is 2. The van der Waals surface area contributed by atoms with Crippen molar-refractivity contribution >= 4 is 33.5 Å². The summed E-state index contributed by atoms with van der Waals surface area (Å²) in [6.07, 6.45) is 12.9. The van der Waals surface area contributed by atoms with Crippen LogP contribution < -0.4 is 0 Å². The van der Waals surface area contributed by atoms with Crippen molar-refractivity contribution in [2.45, 2.75) is 89.6 Å². The molecule has 0 amide bonds. The Morgan fingerprint density at radius 3 is 1.50 bits per heavy atom. The number of hydrogen-bond acceptors (Lipinski definition) is 4. The first-order chi connectivity index (χ1) is 14.8. The van der Waals surface area contributed by atoms with E-state index in [4.69, 9.17) is 0 Å². The lowest BCUT2D eigenvalue weighted by Crippen LogP contribution is -2.24. The minimum Gasteiger partial charge on any atom is -0.481 e. The average molecular weight is 485 g/mol. The number of allylic oxidation sites excluding steroid dienone is 4. The Bertz CT molecular complexity index is 796. The fraction of sp³-hybridized carbons (Fsp3) is 0.667. The van der Waals surface area contributed by atoms with E-state index in [2.05, 4.69) is 0 Å². The molecule has 6 nitrogen and oxygen atoms in total. The van der Waals surface area contributed by atoms with Gasteiger partial charge in [-0.2, -0.15) is 0 Å². The van der Waals surface area contributed by atoms with Crippen molar-refractivity contribution in [3.05, 3.63) is 34.1 Å². The zero-order valence-electron chi connectivity index (χ0n) is 19.5. The van der Waals surface area contributed by atoms with Gasteiger partial charge in [-0.05, 0) is 78.4 Å². The molecule has 2 aliphatic rings. The Kier molecular flexibility index (Phi) is 9.23. The van der Waals surface area contributed by atoms with Gasteiger partial charge in [0.05, 0.1) is 32.4 Å². The molecule has 0 aromatic carbocycles. The van der Waals surface area contributed by atoms with Crippen molar-refractivity contribution in [1.29, 1.82) is 0 Å². The maximum absolute atomic E-state index is 12.8. The molecule has 0 radical (unpaired) electrons. The van der Waals surface area contributed by atoms with Gasteiger partial charge in [-0.1, -0.05) is 25.0 Å². The lowest BCUT2D eigenvalue weighted by molar-refractivity contribution is -0.148. The van der Waals surface area contributed by atoms with Crippen LogP contribution >= 0.6 is 0 Å². The standard InChI is InChI=1S/C24H36O6S2/c1-23(2,21(25)26)15-5-7-17-9-11-19(31(17)29)13-14-20-12-10-18(32(20)30)8-6-16-24(3,4)22(27)28/h11-14,17-18H,5-10,15-16H2,1-4H3,(H,25,26)(H,27,28). The van der Waals surface area contributed by atoms with Gasteiger partial charge in [-0.25, -0.2) is 0 Å². The first-order valence-electron chi connectivity index (χ1n) is 11.2. The third kappa shape index (κ3) is 6.98. The van der Waals surface area contributed by atoms with Gasteiger partial charge < -0.3 is 10.2 Å². The van der Waals surface area contributed by atoms with Crippen LogP contribution in [-0.2, 0) is 31.2 Å². The molecular weight excluding hydrogens is 448 g/mol. The second kappa shape index (κ2) is 11.1. The predicted molar refractivity (Wildman–Crippen MR) is 129 cm³/mol. The largest absolute Gasteiger partial charge is 0.481 e. The van der Waals surface area contributed by atoms with Crippen molar-refractivity contribution in [1.82, 2.24) is 0 Å². The van der Waals surface area contributed by atoms with Crippen LogP contribution in [0.1, 0.15) is 79.1 Å². The quantitative estimate of drug-likeness (QED) is 0.407. The summed E-state index contributed by atoms with van der Waals surface area (Å²) in [6.45, 7) is 6.85. The van der Waals surface area contributed by atoms with Crippen LogP contribution in [0.4, 0.5) is 0 Å². The van der Waals surface area contributed by atoms with Crippen LogP contribution in [0, 0.1) is 10.8 Å². The van der Waals surface area contributed by atoms with Crippen molar-refractivity contribution < 1.29 is 28.2 Å². The number of rotatable bonds is 12. The Morgan fingerprint density at radius 2 is 1.19 bits per heavy atom. The zero-order valence-corrected chi connectivity index (χ0v) is 21.1. The van der Waals surface area contributed by atoms with Crippen molar-refractivity contribution in [2.75, 3.05) is 0 Å². The smallest absolute Gasteiger partial charge is 0.309 e. The summed E-state index contributed by atoms with van der Waals surface area (Å²) in [5.74, 6) is -1.62. The van der Waals surface area contributed by atoms with Crippen LogP contribution in [0.2, 0.25) is 0 Å². The molecular formula is C24H36O6S2. The van der Waals surface area contributed by atoms with E-state index in [9.17, 15) is 28.2 Å². The summed E-state index contributed by atoms with van der Waals surface area (Å²) < 4.78 is 25.5. The maximum atomic E-state index is 12.8. The van der Waals surface area contributed by atoms with Crippen molar-refractivity contribution in [3.63, 3.8) is 0 Å². The third-order valence-electron chi connectivity index (χ3n) is 6.46. The molecule has 0 aromatic heterocycles. The Labute approximate surface area is 196 Å². The monoisotopic (exact) mass is 484 g/mol. The zero-order chi connectivity index (χ0) is 24.1. The number of carbonyl (C=O) groups is 2. The molecule has 0 aromatic rings. The molecule has 0 spiro atoms. The molecule has 2 rings (SSSR count). The highest BCUT2D eigenvalue weighted by Gasteiger charge is 2.31. The second-order valence-electron chi connectivity index (χ2n) is 10.0. The summed E-state index contributed by atoms with van der Waals surface area (Å²) in [7, 11) is -2.26. The minimum absolute atomic E-state index is 0.00707. The fourth-order valence-corrected chi connectivity index (χ4v) is 6.86. The molecule has 0 saturated heterocycles. The predicted octanol–water partition coefficient (Wildman–Crippen LogP) is 4.91. The molecule has 8 heteroatoms. The van der Waals surface area contributed by atoms with E-state index in [1.165, 1.54) is 0 Å². The normalized spacial score (nSPS) is 26.4. The molecule has 2 N–H and O–H groups in total. The molecule has 0 bridgehead atoms. The van der Waals surface area contributed by atoms with E-state index in [1.807, 2.05) is 12.2 Å². The van der Waals surface area contributed by atoms with E-state index in [1.54, 1.807) is 39.8 Å². The molecule has 2 aliphatic heterocycles. The summed E-state index contributed by atoms with van der Waals surface area (Å²) in [6, 6.07) is 0. The van der Waals surface area contributed by atoms with Crippen molar-refractivity contribution in [2.24, 2.45) is 10.8 Å².